The van der Waals surface area contributed by atoms with Crippen LogP contribution in [0.4, 0.5) is 0 Å². The molecule has 0 aliphatic carbocycles. The molecule has 3 heterocycles. The van der Waals surface area contributed by atoms with Gasteiger partial charge in [-0.1, -0.05) is 0 Å². The van der Waals surface area contributed by atoms with Crippen LogP contribution >= 0.6 is 11.6 Å². The Morgan fingerprint density at radius 3 is 3.00 bits per heavy atom. The van der Waals surface area contributed by atoms with E-state index in [-0.39, 0.29) is 17.7 Å². The fraction of sp³-hybridized carbons (Fsp3) is 0.500. The topological polar surface area (TPSA) is 81.6 Å². The van der Waals surface area contributed by atoms with Crippen molar-refractivity contribution in [3.05, 3.63) is 17.7 Å². The average molecular weight is 271 g/mol. The maximum Gasteiger partial charge on any atom is 0.356 e. The van der Waals surface area contributed by atoms with Gasteiger partial charge in [0.05, 0.1) is 24.7 Å². The van der Waals surface area contributed by atoms with Crippen LogP contribution in [-0.2, 0) is 17.2 Å². The third kappa shape index (κ3) is 1.67. The Morgan fingerprint density at radius 2 is 2.44 bits per heavy atom. The number of aromatic nitrogens is 4. The van der Waals surface area contributed by atoms with Crippen molar-refractivity contribution in [1.82, 2.24) is 19.2 Å². The summed E-state index contributed by atoms with van der Waals surface area (Å²) in [6, 6.07) is 0. The third-order valence-electron chi connectivity index (χ3n) is 3.00. The van der Waals surface area contributed by atoms with E-state index in [0.717, 1.165) is 13.0 Å². The first-order valence-corrected chi connectivity index (χ1v) is 6.08. The van der Waals surface area contributed by atoms with Crippen LogP contribution in [0.1, 0.15) is 22.7 Å². The molecule has 1 aliphatic rings. The lowest BCUT2D eigenvalue weighted by atomic mass is 10.2. The number of hydrogen-bond donors (Lipinski definition) is 1. The zero-order valence-electron chi connectivity index (χ0n) is 9.41. The molecule has 1 N–H and O–H groups in total. The lowest BCUT2D eigenvalue weighted by Gasteiger charge is -2.27. The van der Waals surface area contributed by atoms with Crippen LogP contribution in [0.2, 0.25) is 0 Å². The molecule has 1 unspecified atom stereocenters. The maximum absolute atomic E-state index is 11.1. The van der Waals surface area contributed by atoms with Gasteiger partial charge in [-0.15, -0.1) is 11.6 Å². The molecule has 0 aromatic carbocycles. The van der Waals surface area contributed by atoms with Gasteiger partial charge < -0.3 is 9.84 Å². The molecule has 0 bridgehead atoms. The molecule has 0 radical (unpaired) electrons. The number of rotatable bonds is 4. The summed E-state index contributed by atoms with van der Waals surface area (Å²) in [6.07, 6.45) is 2.34. The first-order valence-electron chi connectivity index (χ1n) is 5.54. The Balaban J connectivity index is 2.10. The highest BCUT2D eigenvalue weighted by Gasteiger charge is 2.24. The molecule has 2 aromatic rings. The van der Waals surface area contributed by atoms with E-state index in [1.807, 2.05) is 0 Å². The van der Waals surface area contributed by atoms with Gasteiger partial charge in [-0.25, -0.2) is 14.3 Å². The molecule has 1 aliphatic heterocycles. The van der Waals surface area contributed by atoms with Gasteiger partial charge in [0.15, 0.2) is 5.69 Å². The molecule has 8 heteroatoms. The van der Waals surface area contributed by atoms with Gasteiger partial charge in [-0.05, 0) is 6.42 Å². The first kappa shape index (κ1) is 11.5. The van der Waals surface area contributed by atoms with Crippen LogP contribution in [0.3, 0.4) is 0 Å². The summed E-state index contributed by atoms with van der Waals surface area (Å²) in [6.45, 7) is 1.28. The number of halogens is 1. The van der Waals surface area contributed by atoms with E-state index < -0.39 is 5.97 Å². The van der Waals surface area contributed by atoms with Crippen molar-refractivity contribution in [2.75, 3.05) is 6.61 Å². The summed E-state index contributed by atoms with van der Waals surface area (Å²) in [5, 5.41) is 9.12. The molecule has 7 nitrogen and oxygen atoms in total. The zero-order chi connectivity index (χ0) is 12.7. The second kappa shape index (κ2) is 4.25. The number of carboxylic acid groups (broad SMARTS) is 1. The number of ether oxygens (including phenoxy) is 1. The molecular formula is C10H11ClN4O3. The van der Waals surface area contributed by atoms with E-state index in [0.29, 0.717) is 18.1 Å². The normalized spacial score (nSPS) is 19.1. The number of hydrogen-bond acceptors (Lipinski definition) is 4. The van der Waals surface area contributed by atoms with Gasteiger partial charge >= 0.3 is 5.97 Å². The van der Waals surface area contributed by atoms with Crippen LogP contribution in [-0.4, -0.2) is 43.0 Å². The van der Waals surface area contributed by atoms with Crippen molar-refractivity contribution >= 4 is 23.3 Å². The van der Waals surface area contributed by atoms with E-state index >= 15 is 0 Å². The van der Waals surface area contributed by atoms with Crippen molar-refractivity contribution in [3.8, 4) is 0 Å². The second-order valence-corrected chi connectivity index (χ2v) is 4.35. The fourth-order valence-corrected chi connectivity index (χ4v) is 2.19. The number of carboxylic acids is 1. The Kier molecular flexibility index (Phi) is 2.71. The standard InChI is InChI=1S/C10H11ClN4O3/c11-3-8-13-10-12-4-7(9(16)17)15(10)14(8)5-6-1-2-18-6/h4,6H,1-3,5H2,(H,16,17). The average Bonchev–Trinajstić information content (AvgIpc) is 2.81. The minimum absolute atomic E-state index is 0.0770. The van der Waals surface area contributed by atoms with Crippen molar-refractivity contribution in [1.29, 1.82) is 0 Å². The smallest absolute Gasteiger partial charge is 0.356 e. The molecule has 96 valence electrons. The van der Waals surface area contributed by atoms with Crippen LogP contribution in [0, 0.1) is 0 Å². The van der Waals surface area contributed by atoms with Crippen molar-refractivity contribution in [2.24, 2.45) is 0 Å². The van der Waals surface area contributed by atoms with E-state index in [9.17, 15) is 4.79 Å². The highest BCUT2D eigenvalue weighted by molar-refractivity contribution is 6.16. The largest absolute Gasteiger partial charge is 0.476 e. The minimum Gasteiger partial charge on any atom is -0.476 e. The SMILES string of the molecule is O=C(O)c1cnc2nc(CCl)n(CC3CCO3)n12. The number of carbonyl (C=O) groups is 1. The summed E-state index contributed by atoms with van der Waals surface area (Å²) in [5.74, 6) is 0.106. The number of fused-ring (bicyclic) bond motifs is 1. The third-order valence-corrected chi connectivity index (χ3v) is 3.24. The van der Waals surface area contributed by atoms with E-state index in [2.05, 4.69) is 9.97 Å². The first-order chi connectivity index (χ1) is 8.70. The number of imidazole rings is 1. The Hall–Kier alpha value is -1.60. The fourth-order valence-electron chi connectivity index (χ4n) is 1.99. The van der Waals surface area contributed by atoms with Crippen molar-refractivity contribution in [2.45, 2.75) is 24.9 Å². The van der Waals surface area contributed by atoms with Gasteiger partial charge in [-0.3, -0.25) is 4.68 Å². The van der Waals surface area contributed by atoms with Crippen LogP contribution in [0.25, 0.3) is 5.78 Å². The molecular weight excluding hydrogens is 260 g/mol. The Morgan fingerprint density at radius 1 is 1.67 bits per heavy atom. The van der Waals surface area contributed by atoms with E-state index in [1.165, 1.54) is 10.7 Å². The summed E-state index contributed by atoms with van der Waals surface area (Å²) in [5.41, 5.74) is 0.0770. The number of nitrogens with zero attached hydrogens (tertiary/aromatic N) is 4. The minimum atomic E-state index is -1.04. The van der Waals surface area contributed by atoms with Gasteiger partial charge in [0.25, 0.3) is 5.78 Å². The summed E-state index contributed by atoms with van der Waals surface area (Å²) >= 11 is 5.82. The Bertz CT molecular complexity index is 602. The molecule has 1 saturated heterocycles. The summed E-state index contributed by atoms with van der Waals surface area (Å²) in [7, 11) is 0. The number of alkyl halides is 1. The van der Waals surface area contributed by atoms with Gasteiger partial charge in [0.2, 0.25) is 0 Å². The zero-order valence-corrected chi connectivity index (χ0v) is 10.2. The lowest BCUT2D eigenvalue weighted by molar-refractivity contribution is -0.0618. The predicted molar refractivity (Wildman–Crippen MR) is 61.9 cm³/mol. The molecule has 2 aromatic heterocycles. The van der Waals surface area contributed by atoms with Crippen LogP contribution in [0.15, 0.2) is 6.20 Å². The van der Waals surface area contributed by atoms with Gasteiger partial charge in [0, 0.05) is 6.61 Å². The van der Waals surface area contributed by atoms with Gasteiger partial charge in [0.1, 0.15) is 5.82 Å². The van der Waals surface area contributed by atoms with Crippen LogP contribution in [0.5, 0.6) is 0 Å². The quantitative estimate of drug-likeness (QED) is 0.830. The molecule has 1 fully saturated rings. The molecule has 0 amide bonds. The summed E-state index contributed by atoms with van der Waals surface area (Å²) < 4.78 is 8.56. The van der Waals surface area contributed by atoms with E-state index in [4.69, 9.17) is 21.4 Å². The molecule has 1 atom stereocenters. The predicted octanol–water partition coefficient (Wildman–Crippen LogP) is 0.757. The lowest BCUT2D eigenvalue weighted by Crippen LogP contribution is -2.33. The molecule has 0 spiro atoms. The maximum atomic E-state index is 11.1. The second-order valence-electron chi connectivity index (χ2n) is 4.09. The summed E-state index contributed by atoms with van der Waals surface area (Å²) in [4.78, 5) is 19.3. The van der Waals surface area contributed by atoms with Gasteiger partial charge in [-0.2, -0.15) is 4.98 Å². The number of aromatic carboxylic acids is 1. The van der Waals surface area contributed by atoms with E-state index in [1.54, 1.807) is 4.68 Å². The highest BCUT2D eigenvalue weighted by atomic mass is 35.5. The Labute approximate surface area is 107 Å². The monoisotopic (exact) mass is 270 g/mol. The van der Waals surface area contributed by atoms with Crippen molar-refractivity contribution in [3.63, 3.8) is 0 Å². The molecule has 18 heavy (non-hydrogen) atoms. The van der Waals surface area contributed by atoms with Crippen LogP contribution < -0.4 is 0 Å². The molecule has 0 saturated carbocycles. The molecule has 3 rings (SSSR count). The van der Waals surface area contributed by atoms with Crippen molar-refractivity contribution < 1.29 is 14.6 Å². The highest BCUT2D eigenvalue weighted by Crippen LogP contribution is 2.17.